The van der Waals surface area contributed by atoms with Crippen molar-refractivity contribution in [3.05, 3.63) is 174 Å². The topological polar surface area (TPSA) is 0 Å². The Labute approximate surface area is 220 Å². The van der Waals surface area contributed by atoms with Crippen LogP contribution in [0.5, 0.6) is 0 Å². The van der Waals surface area contributed by atoms with E-state index in [1.54, 1.807) is 0 Å². The lowest BCUT2D eigenvalue weighted by Crippen LogP contribution is -2.21. The highest BCUT2D eigenvalue weighted by atomic mass is 31.1. The first-order valence-electron chi connectivity index (χ1n) is 12.6. The molecule has 0 fully saturated rings. The molecule has 0 amide bonds. The number of hydrogen-bond acceptors (Lipinski definition) is 0. The Morgan fingerprint density at radius 2 is 0.838 bits per heavy atom. The summed E-state index contributed by atoms with van der Waals surface area (Å²) in [5.41, 5.74) is 4.90. The van der Waals surface area contributed by atoms with Crippen LogP contribution in [0.25, 0.3) is 22.4 Å². The fourth-order valence-electron chi connectivity index (χ4n) is 4.93. The highest BCUT2D eigenvalue weighted by Crippen LogP contribution is 2.37. The van der Waals surface area contributed by atoms with E-state index in [1.807, 2.05) is 0 Å². The zero-order chi connectivity index (χ0) is 24.9. The normalized spacial score (nSPS) is 10.9. The van der Waals surface area contributed by atoms with Crippen molar-refractivity contribution in [3.63, 3.8) is 0 Å². The first kappa shape index (κ1) is 23.2. The van der Waals surface area contributed by atoms with Crippen molar-refractivity contribution in [1.29, 1.82) is 0 Å². The van der Waals surface area contributed by atoms with Crippen molar-refractivity contribution in [2.75, 3.05) is 0 Å². The van der Waals surface area contributed by atoms with Crippen LogP contribution in [-0.4, -0.2) is 0 Å². The van der Waals surface area contributed by atoms with Gasteiger partial charge < -0.3 is 0 Å². The Bertz CT molecular complexity index is 1560. The van der Waals surface area contributed by atoms with Gasteiger partial charge in [0.25, 0.3) is 0 Å². The minimum absolute atomic E-state index is 0.687. The molecule has 0 unspecified atom stereocenters. The monoisotopic (exact) mass is 490 g/mol. The SMILES string of the molecule is C(=C(c1ccccc1)c1ccccc1)c1ccc(P(c2ccccc2)c2ccccc2)c2ccccc12. The first-order valence-corrected chi connectivity index (χ1v) is 14.0. The molecule has 0 N–H and O–H groups in total. The molecule has 0 saturated heterocycles. The summed E-state index contributed by atoms with van der Waals surface area (Å²) in [5.74, 6) is 0. The van der Waals surface area contributed by atoms with E-state index in [0.717, 1.165) is 0 Å². The minimum Gasteiger partial charge on any atom is -0.0622 e. The minimum atomic E-state index is -0.687. The van der Waals surface area contributed by atoms with E-state index in [2.05, 4.69) is 164 Å². The lowest BCUT2D eigenvalue weighted by molar-refractivity contribution is 1.56. The van der Waals surface area contributed by atoms with E-state index in [1.165, 1.54) is 48.9 Å². The smallest absolute Gasteiger partial charge is 0.00722 e. The van der Waals surface area contributed by atoms with E-state index in [4.69, 9.17) is 0 Å². The predicted octanol–water partition coefficient (Wildman–Crippen LogP) is 8.19. The number of fused-ring (bicyclic) bond motifs is 1. The summed E-state index contributed by atoms with van der Waals surface area (Å²) in [4.78, 5) is 0. The van der Waals surface area contributed by atoms with Crippen LogP contribution in [0, 0.1) is 0 Å². The van der Waals surface area contributed by atoms with Crippen LogP contribution in [0.4, 0.5) is 0 Å². The predicted molar refractivity (Wildman–Crippen MR) is 163 cm³/mol. The largest absolute Gasteiger partial charge is 0.0622 e. The number of benzene rings is 6. The number of hydrogen-bond donors (Lipinski definition) is 0. The van der Waals surface area contributed by atoms with E-state index >= 15 is 0 Å². The van der Waals surface area contributed by atoms with Gasteiger partial charge in [-0.3, -0.25) is 0 Å². The van der Waals surface area contributed by atoms with Crippen LogP contribution < -0.4 is 15.9 Å². The van der Waals surface area contributed by atoms with Crippen LogP contribution in [0.2, 0.25) is 0 Å². The molecule has 0 aliphatic heterocycles. The van der Waals surface area contributed by atoms with Crippen LogP contribution in [0.3, 0.4) is 0 Å². The van der Waals surface area contributed by atoms with Gasteiger partial charge >= 0.3 is 0 Å². The van der Waals surface area contributed by atoms with Crippen LogP contribution in [0.15, 0.2) is 158 Å². The van der Waals surface area contributed by atoms with E-state index in [9.17, 15) is 0 Å². The van der Waals surface area contributed by atoms with Gasteiger partial charge in [-0.1, -0.05) is 158 Å². The average molecular weight is 491 g/mol. The molecule has 0 bridgehead atoms. The highest BCUT2D eigenvalue weighted by molar-refractivity contribution is 7.80. The molecule has 6 aromatic rings. The fourth-order valence-corrected chi connectivity index (χ4v) is 7.39. The molecule has 176 valence electrons. The molecule has 0 aromatic heterocycles. The maximum absolute atomic E-state index is 2.35. The third kappa shape index (κ3) is 4.90. The van der Waals surface area contributed by atoms with Crippen molar-refractivity contribution in [3.8, 4) is 0 Å². The molecule has 0 heterocycles. The third-order valence-electron chi connectivity index (χ3n) is 6.67. The summed E-state index contributed by atoms with van der Waals surface area (Å²) in [7, 11) is -0.687. The molecule has 0 atom stereocenters. The molecule has 6 aromatic carbocycles. The molecule has 0 radical (unpaired) electrons. The molecular weight excluding hydrogens is 463 g/mol. The molecule has 6 rings (SSSR count). The summed E-state index contributed by atoms with van der Waals surface area (Å²) in [6, 6.07) is 56.8. The van der Waals surface area contributed by atoms with Gasteiger partial charge in [0, 0.05) is 0 Å². The van der Waals surface area contributed by atoms with Crippen molar-refractivity contribution in [2.45, 2.75) is 0 Å². The molecule has 37 heavy (non-hydrogen) atoms. The molecule has 0 aliphatic carbocycles. The van der Waals surface area contributed by atoms with Crippen molar-refractivity contribution < 1.29 is 0 Å². The Kier molecular flexibility index (Phi) is 6.76. The highest BCUT2D eigenvalue weighted by Gasteiger charge is 2.19. The Balaban J connectivity index is 1.57. The summed E-state index contributed by atoms with van der Waals surface area (Å²) >= 11 is 0. The molecule has 0 nitrogen and oxygen atoms in total. The van der Waals surface area contributed by atoms with Crippen molar-refractivity contribution >= 4 is 46.3 Å². The molecular formula is C36H27P. The van der Waals surface area contributed by atoms with Crippen LogP contribution >= 0.6 is 7.92 Å². The molecule has 0 aliphatic rings. The Morgan fingerprint density at radius 3 is 1.35 bits per heavy atom. The van der Waals surface area contributed by atoms with Gasteiger partial charge in [-0.25, -0.2) is 0 Å². The molecule has 0 spiro atoms. The second kappa shape index (κ2) is 10.8. The van der Waals surface area contributed by atoms with Gasteiger partial charge in [0.1, 0.15) is 0 Å². The maximum atomic E-state index is 2.35. The van der Waals surface area contributed by atoms with Crippen LogP contribution in [-0.2, 0) is 0 Å². The van der Waals surface area contributed by atoms with E-state index in [-0.39, 0.29) is 0 Å². The van der Waals surface area contributed by atoms with Crippen molar-refractivity contribution in [1.82, 2.24) is 0 Å². The third-order valence-corrected chi connectivity index (χ3v) is 9.17. The van der Waals surface area contributed by atoms with E-state index < -0.39 is 7.92 Å². The van der Waals surface area contributed by atoms with Gasteiger partial charge in [-0.2, -0.15) is 0 Å². The van der Waals surface area contributed by atoms with Crippen molar-refractivity contribution in [2.24, 2.45) is 0 Å². The van der Waals surface area contributed by atoms with Gasteiger partial charge in [-0.15, -0.1) is 0 Å². The second-order valence-electron chi connectivity index (χ2n) is 9.02. The molecule has 0 saturated carbocycles. The van der Waals surface area contributed by atoms with Gasteiger partial charge in [0.2, 0.25) is 0 Å². The Morgan fingerprint density at radius 1 is 0.405 bits per heavy atom. The summed E-state index contributed by atoms with van der Waals surface area (Å²) < 4.78 is 0. The number of rotatable bonds is 6. The lowest BCUT2D eigenvalue weighted by Gasteiger charge is -2.22. The van der Waals surface area contributed by atoms with Crippen LogP contribution in [0.1, 0.15) is 16.7 Å². The molecule has 1 heteroatoms. The van der Waals surface area contributed by atoms with Gasteiger partial charge in [0.15, 0.2) is 0 Å². The average Bonchev–Trinajstić information content (AvgIpc) is 2.99. The standard InChI is InChI=1S/C36H27P/c1-5-15-28(16-6-1)35(29-17-7-2-8-18-29)27-30-25-26-36(34-24-14-13-23-33(30)34)37(31-19-9-3-10-20-31)32-21-11-4-12-22-32/h1-27H. The fraction of sp³-hybridized carbons (Fsp3) is 0. The zero-order valence-electron chi connectivity index (χ0n) is 20.5. The zero-order valence-corrected chi connectivity index (χ0v) is 21.4. The summed E-state index contributed by atoms with van der Waals surface area (Å²) in [5, 5.41) is 6.72. The summed E-state index contributed by atoms with van der Waals surface area (Å²) in [6.45, 7) is 0. The summed E-state index contributed by atoms with van der Waals surface area (Å²) in [6.07, 6.45) is 2.35. The maximum Gasteiger partial charge on any atom is -0.00722 e. The van der Waals surface area contributed by atoms with E-state index in [0.29, 0.717) is 0 Å². The lowest BCUT2D eigenvalue weighted by atomic mass is 9.94. The Hall–Kier alpha value is -4.25. The first-order chi connectivity index (χ1) is 18.4. The van der Waals surface area contributed by atoms with Gasteiger partial charge in [0.05, 0.1) is 0 Å². The van der Waals surface area contributed by atoms with Gasteiger partial charge in [-0.05, 0) is 62.9 Å². The quantitative estimate of drug-likeness (QED) is 0.163. The second-order valence-corrected chi connectivity index (χ2v) is 11.2.